The van der Waals surface area contributed by atoms with Gasteiger partial charge in [-0.1, -0.05) is 37.3 Å². The molecule has 4 unspecified atom stereocenters. The van der Waals surface area contributed by atoms with Gasteiger partial charge in [0.2, 0.25) is 0 Å². The third-order valence-corrected chi connectivity index (χ3v) is 4.30. The third kappa shape index (κ3) is 2.74. The molecule has 2 nitrogen and oxygen atoms in total. The number of halogens is 1. The van der Waals surface area contributed by atoms with Crippen LogP contribution < -0.4 is 0 Å². The predicted molar refractivity (Wildman–Crippen MR) is 68.6 cm³/mol. The minimum atomic E-state index is -0.487. The molecule has 0 aromatic heterocycles. The first kappa shape index (κ1) is 12.7. The number of hydrogen-bond donors (Lipinski definition) is 0. The van der Waals surface area contributed by atoms with Crippen molar-refractivity contribution in [3.63, 3.8) is 0 Å². The Labute approximate surface area is 108 Å². The molecule has 0 radical (unpaired) electrons. The molecule has 2 aliphatic carbocycles. The van der Waals surface area contributed by atoms with Crippen LogP contribution in [0.15, 0.2) is 23.8 Å². The molecule has 0 heterocycles. The Morgan fingerprint density at radius 2 is 2.35 bits per heavy atom. The lowest BCUT2D eigenvalue weighted by molar-refractivity contribution is -0.138. The molecule has 94 valence electrons. The second-order valence-corrected chi connectivity index (χ2v) is 5.66. The predicted octanol–water partition coefficient (Wildman–Crippen LogP) is 3.52. The van der Waals surface area contributed by atoms with E-state index in [0.29, 0.717) is 12.5 Å². The monoisotopic (exact) mass is 254 g/mol. The fraction of sp³-hybridized carbons (Fsp3) is 0.643. The van der Waals surface area contributed by atoms with Crippen molar-refractivity contribution in [2.24, 2.45) is 23.7 Å². The zero-order valence-corrected chi connectivity index (χ0v) is 11.0. The van der Waals surface area contributed by atoms with E-state index in [-0.39, 0.29) is 5.03 Å². The molecule has 0 aliphatic heterocycles. The van der Waals surface area contributed by atoms with Gasteiger partial charge in [0.1, 0.15) is 5.03 Å². The van der Waals surface area contributed by atoms with Crippen LogP contribution in [0.5, 0.6) is 0 Å². The Bertz CT molecular complexity index is 348. The Kier molecular flexibility index (Phi) is 3.93. The van der Waals surface area contributed by atoms with E-state index in [4.69, 9.17) is 16.3 Å². The number of allylic oxidation sites excluding steroid dienone is 2. The molecule has 0 aromatic rings. The highest BCUT2D eigenvalue weighted by Crippen LogP contribution is 2.48. The number of esters is 1. The van der Waals surface area contributed by atoms with Crippen LogP contribution in [0.3, 0.4) is 0 Å². The number of hydrogen-bond acceptors (Lipinski definition) is 2. The summed E-state index contributed by atoms with van der Waals surface area (Å²) < 4.78 is 5.06. The van der Waals surface area contributed by atoms with E-state index in [1.54, 1.807) is 0 Å². The number of fused-ring (bicyclic) bond motifs is 1. The van der Waals surface area contributed by atoms with Gasteiger partial charge >= 0.3 is 5.97 Å². The van der Waals surface area contributed by atoms with Gasteiger partial charge in [0.05, 0.1) is 6.61 Å². The van der Waals surface area contributed by atoms with Crippen molar-refractivity contribution in [1.29, 1.82) is 0 Å². The topological polar surface area (TPSA) is 26.3 Å². The summed E-state index contributed by atoms with van der Waals surface area (Å²) in [5.74, 6) is 2.48. The van der Waals surface area contributed by atoms with Crippen LogP contribution in [-0.2, 0) is 9.53 Å². The van der Waals surface area contributed by atoms with Crippen molar-refractivity contribution in [3.05, 3.63) is 23.8 Å². The van der Waals surface area contributed by atoms with E-state index in [1.807, 2.05) is 0 Å². The highest BCUT2D eigenvalue weighted by molar-refractivity contribution is 6.40. The Morgan fingerprint density at radius 3 is 3.06 bits per heavy atom. The first-order chi connectivity index (χ1) is 8.09. The zero-order chi connectivity index (χ0) is 12.4. The van der Waals surface area contributed by atoms with Gasteiger partial charge in [-0.05, 0) is 42.9 Å². The summed E-state index contributed by atoms with van der Waals surface area (Å²) in [5.41, 5.74) is 0. The maximum absolute atomic E-state index is 11.1. The highest BCUT2D eigenvalue weighted by Gasteiger charge is 2.40. The van der Waals surface area contributed by atoms with Crippen molar-refractivity contribution in [2.75, 3.05) is 6.61 Å². The van der Waals surface area contributed by atoms with Crippen molar-refractivity contribution in [3.8, 4) is 0 Å². The molecule has 4 atom stereocenters. The van der Waals surface area contributed by atoms with Gasteiger partial charge in [-0.2, -0.15) is 0 Å². The van der Waals surface area contributed by atoms with Crippen LogP contribution in [-0.4, -0.2) is 12.6 Å². The van der Waals surface area contributed by atoms with Gasteiger partial charge < -0.3 is 4.74 Å². The molecule has 0 spiro atoms. The van der Waals surface area contributed by atoms with Gasteiger partial charge in [0.25, 0.3) is 0 Å². The van der Waals surface area contributed by atoms with Gasteiger partial charge in [-0.15, -0.1) is 0 Å². The second kappa shape index (κ2) is 5.26. The van der Waals surface area contributed by atoms with Gasteiger partial charge in [0, 0.05) is 0 Å². The molecule has 0 amide bonds. The number of carbonyl (C=O) groups is 1. The maximum atomic E-state index is 11.1. The molecule has 2 rings (SSSR count). The third-order valence-electron chi connectivity index (χ3n) is 4.14. The van der Waals surface area contributed by atoms with E-state index in [9.17, 15) is 4.79 Å². The smallest absolute Gasteiger partial charge is 0.349 e. The molecule has 17 heavy (non-hydrogen) atoms. The normalized spacial score (nSPS) is 34.7. The lowest BCUT2D eigenvalue weighted by Gasteiger charge is -2.18. The fourth-order valence-electron chi connectivity index (χ4n) is 3.33. The summed E-state index contributed by atoms with van der Waals surface area (Å²) in [5, 5.41) is -0.0369. The number of carbonyl (C=O) groups excluding carboxylic acids is 1. The van der Waals surface area contributed by atoms with Crippen LogP contribution >= 0.6 is 11.6 Å². The summed E-state index contributed by atoms with van der Waals surface area (Å²) in [6, 6.07) is 0. The lowest BCUT2D eigenvalue weighted by Crippen LogP contribution is -2.14. The second-order valence-electron chi connectivity index (χ2n) is 5.21. The molecule has 3 heteroatoms. The first-order valence-electron chi connectivity index (χ1n) is 6.27. The van der Waals surface area contributed by atoms with Crippen LogP contribution in [0, 0.1) is 23.7 Å². The van der Waals surface area contributed by atoms with E-state index < -0.39 is 5.97 Å². The average Bonchev–Trinajstić information content (AvgIpc) is 2.84. The Hall–Kier alpha value is -0.760. The summed E-state index contributed by atoms with van der Waals surface area (Å²) in [7, 11) is 0. The minimum Gasteiger partial charge on any atom is -0.461 e. The number of rotatable bonds is 4. The van der Waals surface area contributed by atoms with Crippen molar-refractivity contribution < 1.29 is 9.53 Å². The van der Waals surface area contributed by atoms with Gasteiger partial charge in [-0.3, -0.25) is 0 Å². The lowest BCUT2D eigenvalue weighted by atomic mass is 9.88. The standard InChI is InChI=1S/C14H19ClO2/c1-9-8-11(13-5-3-4-12(9)13)6-7-17-14(16)10(2)15/h3-4,9,11-13H,2,5-8H2,1H3. The van der Waals surface area contributed by atoms with Crippen LogP contribution in [0.4, 0.5) is 0 Å². The van der Waals surface area contributed by atoms with Crippen molar-refractivity contribution >= 4 is 17.6 Å². The van der Waals surface area contributed by atoms with Crippen LogP contribution in [0.1, 0.15) is 26.2 Å². The molecule has 1 fully saturated rings. The van der Waals surface area contributed by atoms with E-state index in [1.165, 1.54) is 12.8 Å². The summed E-state index contributed by atoms with van der Waals surface area (Å²) in [6.45, 7) is 6.13. The van der Waals surface area contributed by atoms with Gasteiger partial charge in [0.15, 0.2) is 0 Å². The molecule has 0 saturated heterocycles. The van der Waals surface area contributed by atoms with Crippen molar-refractivity contribution in [2.45, 2.75) is 26.2 Å². The average molecular weight is 255 g/mol. The van der Waals surface area contributed by atoms with E-state index in [0.717, 1.165) is 24.2 Å². The zero-order valence-electron chi connectivity index (χ0n) is 10.2. The first-order valence-corrected chi connectivity index (χ1v) is 6.65. The van der Waals surface area contributed by atoms with Crippen molar-refractivity contribution in [1.82, 2.24) is 0 Å². The maximum Gasteiger partial charge on any atom is 0.349 e. The quantitative estimate of drug-likeness (QED) is 0.436. The SMILES string of the molecule is C=C(Cl)C(=O)OCCC1CC(C)C2C=CCC12. The van der Waals surface area contributed by atoms with E-state index in [2.05, 4.69) is 25.7 Å². The van der Waals surface area contributed by atoms with Crippen LogP contribution in [0.25, 0.3) is 0 Å². The molecular weight excluding hydrogens is 236 g/mol. The summed E-state index contributed by atoms with van der Waals surface area (Å²) in [6.07, 6.45) is 8.05. The minimum absolute atomic E-state index is 0.0369. The summed E-state index contributed by atoms with van der Waals surface area (Å²) in [4.78, 5) is 11.1. The number of ether oxygens (including phenoxy) is 1. The molecule has 0 bridgehead atoms. The largest absolute Gasteiger partial charge is 0.461 e. The molecule has 1 saturated carbocycles. The molecule has 2 aliphatic rings. The van der Waals surface area contributed by atoms with E-state index >= 15 is 0 Å². The molecular formula is C14H19ClO2. The Morgan fingerprint density at radius 1 is 1.59 bits per heavy atom. The molecule has 0 N–H and O–H groups in total. The Balaban J connectivity index is 1.77. The highest BCUT2D eigenvalue weighted by atomic mass is 35.5. The molecule has 0 aromatic carbocycles. The fourth-order valence-corrected chi connectivity index (χ4v) is 3.39. The van der Waals surface area contributed by atoms with Gasteiger partial charge in [-0.25, -0.2) is 4.79 Å². The van der Waals surface area contributed by atoms with Crippen LogP contribution in [0.2, 0.25) is 0 Å². The summed E-state index contributed by atoms with van der Waals surface area (Å²) >= 11 is 5.46.